The van der Waals surface area contributed by atoms with Crippen LogP contribution in [0.15, 0.2) is 0 Å². The van der Waals surface area contributed by atoms with Crippen LogP contribution in [-0.2, 0) is 18.4 Å². The van der Waals surface area contributed by atoms with Gasteiger partial charge < -0.3 is 10.7 Å². The predicted octanol–water partition coefficient (Wildman–Crippen LogP) is -0.0295. The number of carbonyl (C=O) groups is 1. The van der Waals surface area contributed by atoms with Crippen molar-refractivity contribution < 1.29 is 4.79 Å². The highest BCUT2D eigenvalue weighted by Gasteiger charge is 2.15. The molecular formula is C12H24N6O. The summed E-state index contributed by atoms with van der Waals surface area (Å²) in [6.45, 7) is 6.78. The Kier molecular flexibility index (Phi) is 5.31. The summed E-state index contributed by atoms with van der Waals surface area (Å²) >= 11 is 0. The van der Waals surface area contributed by atoms with Crippen LogP contribution in [0.25, 0.3) is 0 Å². The van der Waals surface area contributed by atoms with E-state index >= 15 is 0 Å². The number of amides is 1. The molecule has 0 bridgehead atoms. The van der Waals surface area contributed by atoms with Crippen molar-refractivity contribution in [3.05, 3.63) is 11.3 Å². The molecular weight excluding hydrogens is 244 g/mol. The molecule has 1 amide bonds. The van der Waals surface area contributed by atoms with Crippen molar-refractivity contribution in [1.29, 1.82) is 0 Å². The van der Waals surface area contributed by atoms with Gasteiger partial charge in [-0.05, 0) is 27.8 Å². The van der Waals surface area contributed by atoms with Gasteiger partial charge in [-0.3, -0.25) is 14.4 Å². The minimum atomic E-state index is 0.0151. The average molecular weight is 268 g/mol. The van der Waals surface area contributed by atoms with E-state index < -0.39 is 0 Å². The Labute approximate surface area is 114 Å². The number of anilines is 1. The summed E-state index contributed by atoms with van der Waals surface area (Å²) in [5, 5.41) is 7.18. The summed E-state index contributed by atoms with van der Waals surface area (Å²) in [5.74, 6) is 6.29. The van der Waals surface area contributed by atoms with Crippen LogP contribution in [0.3, 0.4) is 0 Å². The lowest BCUT2D eigenvalue weighted by atomic mass is 10.2. The molecule has 7 nitrogen and oxygen atoms in total. The summed E-state index contributed by atoms with van der Waals surface area (Å²) in [7, 11) is 3.73. The van der Waals surface area contributed by atoms with Gasteiger partial charge in [0.1, 0.15) is 5.82 Å². The van der Waals surface area contributed by atoms with Crippen molar-refractivity contribution >= 4 is 11.7 Å². The fourth-order valence-electron chi connectivity index (χ4n) is 2.01. The van der Waals surface area contributed by atoms with E-state index in [0.29, 0.717) is 13.1 Å². The number of hydrogen-bond donors (Lipinski definition) is 3. The van der Waals surface area contributed by atoms with Crippen LogP contribution in [0.1, 0.15) is 25.1 Å². The van der Waals surface area contributed by atoms with E-state index in [4.69, 9.17) is 5.84 Å². The minimum absolute atomic E-state index is 0.0151. The number of hydrogen-bond acceptors (Lipinski definition) is 5. The summed E-state index contributed by atoms with van der Waals surface area (Å²) in [5.41, 5.74) is 4.56. The molecule has 0 saturated heterocycles. The molecule has 0 fully saturated rings. The van der Waals surface area contributed by atoms with Crippen LogP contribution >= 0.6 is 0 Å². The highest BCUT2D eigenvalue weighted by molar-refractivity contribution is 5.78. The van der Waals surface area contributed by atoms with Crippen molar-refractivity contribution in [2.45, 2.75) is 33.4 Å². The topological polar surface area (TPSA) is 88.2 Å². The lowest BCUT2D eigenvalue weighted by molar-refractivity contribution is -0.122. The highest BCUT2D eigenvalue weighted by Crippen LogP contribution is 2.18. The molecule has 7 heteroatoms. The lowest BCUT2D eigenvalue weighted by Gasteiger charge is -2.18. The summed E-state index contributed by atoms with van der Waals surface area (Å²) in [4.78, 5) is 13.6. The number of nitrogens with two attached hydrogens (primary N) is 1. The Morgan fingerprint density at radius 1 is 1.53 bits per heavy atom. The van der Waals surface area contributed by atoms with E-state index in [1.165, 1.54) is 0 Å². The zero-order valence-electron chi connectivity index (χ0n) is 12.3. The number of nitrogens with one attached hydrogen (secondary N) is 2. The SMILES string of the molecule is Cc1nn(C)c(NN)c1CN(C)CC(=O)NC(C)C. The molecule has 1 aromatic heterocycles. The van der Waals surface area contributed by atoms with Crippen LogP contribution in [0.2, 0.25) is 0 Å². The summed E-state index contributed by atoms with van der Waals surface area (Å²) < 4.78 is 1.70. The average Bonchev–Trinajstić information content (AvgIpc) is 2.51. The molecule has 1 heterocycles. The van der Waals surface area contributed by atoms with Gasteiger partial charge in [0.25, 0.3) is 0 Å². The Hall–Kier alpha value is -1.60. The van der Waals surface area contributed by atoms with Gasteiger partial charge in [-0.15, -0.1) is 0 Å². The molecule has 0 aromatic carbocycles. The monoisotopic (exact) mass is 268 g/mol. The first-order valence-corrected chi connectivity index (χ1v) is 6.32. The molecule has 108 valence electrons. The fourth-order valence-corrected chi connectivity index (χ4v) is 2.01. The van der Waals surface area contributed by atoms with Crippen molar-refractivity contribution in [1.82, 2.24) is 20.0 Å². The van der Waals surface area contributed by atoms with Gasteiger partial charge in [-0.1, -0.05) is 0 Å². The second kappa shape index (κ2) is 6.53. The summed E-state index contributed by atoms with van der Waals surface area (Å²) in [6, 6.07) is 0.155. The van der Waals surface area contributed by atoms with Gasteiger partial charge in [0, 0.05) is 25.2 Å². The third-order valence-electron chi connectivity index (χ3n) is 2.77. The molecule has 4 N–H and O–H groups in total. The number of nitrogen functional groups attached to an aromatic ring is 1. The Balaban J connectivity index is 2.67. The maximum absolute atomic E-state index is 11.7. The van der Waals surface area contributed by atoms with Crippen molar-refractivity contribution in [2.24, 2.45) is 12.9 Å². The number of rotatable bonds is 6. The Bertz CT molecular complexity index is 440. The van der Waals surface area contributed by atoms with Crippen molar-refractivity contribution in [3.63, 3.8) is 0 Å². The number of aryl methyl sites for hydroxylation is 2. The van der Waals surface area contributed by atoms with Crippen LogP contribution in [-0.4, -0.2) is 40.2 Å². The fraction of sp³-hybridized carbons (Fsp3) is 0.667. The zero-order chi connectivity index (χ0) is 14.6. The molecule has 0 unspecified atom stereocenters. The minimum Gasteiger partial charge on any atom is -0.353 e. The van der Waals surface area contributed by atoms with E-state index in [1.54, 1.807) is 4.68 Å². The maximum Gasteiger partial charge on any atom is 0.234 e. The van der Waals surface area contributed by atoms with Gasteiger partial charge in [-0.2, -0.15) is 5.10 Å². The lowest BCUT2D eigenvalue weighted by Crippen LogP contribution is -2.38. The molecule has 19 heavy (non-hydrogen) atoms. The zero-order valence-corrected chi connectivity index (χ0v) is 12.3. The van der Waals surface area contributed by atoms with Crippen LogP contribution in [0.5, 0.6) is 0 Å². The normalized spacial score (nSPS) is 11.2. The van der Waals surface area contributed by atoms with Crippen molar-refractivity contribution in [2.75, 3.05) is 19.0 Å². The van der Waals surface area contributed by atoms with Gasteiger partial charge in [0.15, 0.2) is 0 Å². The number of hydrazine groups is 1. The molecule has 0 aliphatic carbocycles. The van der Waals surface area contributed by atoms with E-state index in [1.807, 2.05) is 39.8 Å². The largest absolute Gasteiger partial charge is 0.353 e. The smallest absolute Gasteiger partial charge is 0.234 e. The van der Waals surface area contributed by atoms with E-state index in [0.717, 1.165) is 17.1 Å². The van der Waals surface area contributed by atoms with E-state index in [2.05, 4.69) is 15.8 Å². The van der Waals surface area contributed by atoms with Gasteiger partial charge in [0.2, 0.25) is 5.91 Å². The van der Waals surface area contributed by atoms with E-state index in [9.17, 15) is 4.79 Å². The molecule has 0 aliphatic rings. The molecule has 0 atom stereocenters. The Morgan fingerprint density at radius 3 is 2.68 bits per heavy atom. The molecule has 1 aromatic rings. The Morgan fingerprint density at radius 2 is 2.16 bits per heavy atom. The number of likely N-dealkylation sites (N-methyl/N-ethyl adjacent to an activating group) is 1. The van der Waals surface area contributed by atoms with Crippen LogP contribution in [0, 0.1) is 6.92 Å². The van der Waals surface area contributed by atoms with Gasteiger partial charge in [0.05, 0.1) is 12.2 Å². The number of nitrogens with zero attached hydrogens (tertiary/aromatic N) is 3. The first-order chi connectivity index (χ1) is 8.85. The molecule has 1 rings (SSSR count). The third kappa shape index (κ3) is 4.22. The first kappa shape index (κ1) is 15.5. The maximum atomic E-state index is 11.7. The second-order valence-electron chi connectivity index (χ2n) is 5.08. The second-order valence-corrected chi connectivity index (χ2v) is 5.08. The number of carbonyl (C=O) groups excluding carboxylic acids is 1. The van der Waals surface area contributed by atoms with Gasteiger partial charge in [-0.25, -0.2) is 5.84 Å². The first-order valence-electron chi connectivity index (χ1n) is 6.32. The molecule has 0 saturated carbocycles. The van der Waals surface area contributed by atoms with Crippen LogP contribution < -0.4 is 16.6 Å². The van der Waals surface area contributed by atoms with Gasteiger partial charge >= 0.3 is 0 Å². The third-order valence-corrected chi connectivity index (χ3v) is 2.77. The number of aromatic nitrogens is 2. The predicted molar refractivity (Wildman–Crippen MR) is 75.4 cm³/mol. The van der Waals surface area contributed by atoms with E-state index in [-0.39, 0.29) is 11.9 Å². The van der Waals surface area contributed by atoms with Crippen molar-refractivity contribution in [3.8, 4) is 0 Å². The standard InChI is InChI=1S/C12H24N6O/c1-8(2)14-11(19)7-17(4)6-10-9(3)16-18(5)12(10)15-13/h8,15H,6-7,13H2,1-5H3,(H,14,19). The molecule has 0 aliphatic heterocycles. The van der Waals surface area contributed by atoms with Crippen LogP contribution in [0.4, 0.5) is 5.82 Å². The quantitative estimate of drug-likeness (QED) is 0.498. The molecule has 0 radical (unpaired) electrons. The highest BCUT2D eigenvalue weighted by atomic mass is 16.2. The summed E-state index contributed by atoms with van der Waals surface area (Å²) in [6.07, 6.45) is 0. The molecule has 0 spiro atoms.